The average Bonchev–Trinajstić information content (AvgIpc) is 2.02. The zero-order valence-electron chi connectivity index (χ0n) is 9.21. The van der Waals surface area contributed by atoms with Gasteiger partial charge in [-0.25, -0.2) is 4.39 Å². The van der Waals surface area contributed by atoms with E-state index in [2.05, 4.69) is 20.8 Å². The van der Waals surface area contributed by atoms with Crippen LogP contribution in [0.15, 0.2) is 0 Å². The first kappa shape index (κ1) is 11.9. The van der Waals surface area contributed by atoms with E-state index in [-0.39, 0.29) is 5.41 Å². The number of rotatable bonds is 5. The first-order chi connectivity index (χ1) is 5.43. The molecule has 0 rings (SSSR count). The molecular weight excluding hydrogens is 151 g/mol. The van der Waals surface area contributed by atoms with Gasteiger partial charge in [0.1, 0.15) is 5.67 Å². The summed E-state index contributed by atoms with van der Waals surface area (Å²) in [6.45, 7) is 10.0. The second-order valence-corrected chi connectivity index (χ2v) is 4.22. The van der Waals surface area contributed by atoms with Crippen molar-refractivity contribution in [2.24, 2.45) is 5.41 Å². The lowest BCUT2D eigenvalue weighted by Crippen LogP contribution is -2.39. The van der Waals surface area contributed by atoms with E-state index >= 15 is 0 Å². The standard InChI is InChI=1S/C11H23F/c1-6-9-11(5,12)10(4,7-2)8-3/h6-9H2,1-5H3. The van der Waals surface area contributed by atoms with Gasteiger partial charge in [0, 0.05) is 5.41 Å². The molecule has 0 saturated heterocycles. The van der Waals surface area contributed by atoms with Gasteiger partial charge >= 0.3 is 0 Å². The lowest BCUT2D eigenvalue weighted by molar-refractivity contribution is 0.00461. The predicted molar refractivity (Wildman–Crippen MR) is 53.1 cm³/mol. The van der Waals surface area contributed by atoms with E-state index in [1.54, 1.807) is 6.92 Å². The molecule has 74 valence electrons. The summed E-state index contributed by atoms with van der Waals surface area (Å²) in [6, 6.07) is 0. The first-order valence-corrected chi connectivity index (χ1v) is 5.12. The molecule has 1 unspecified atom stereocenters. The molecule has 0 aromatic heterocycles. The summed E-state index contributed by atoms with van der Waals surface area (Å²) in [4.78, 5) is 0. The van der Waals surface area contributed by atoms with Gasteiger partial charge in [-0.15, -0.1) is 0 Å². The second-order valence-electron chi connectivity index (χ2n) is 4.22. The Bertz CT molecular complexity index is 123. The van der Waals surface area contributed by atoms with E-state index in [1.807, 2.05) is 6.92 Å². The highest BCUT2D eigenvalue weighted by atomic mass is 19.1. The van der Waals surface area contributed by atoms with Gasteiger partial charge in [0.2, 0.25) is 0 Å². The monoisotopic (exact) mass is 174 g/mol. The third-order valence-corrected chi connectivity index (χ3v) is 3.54. The summed E-state index contributed by atoms with van der Waals surface area (Å²) in [7, 11) is 0. The van der Waals surface area contributed by atoms with E-state index in [0.29, 0.717) is 6.42 Å². The van der Waals surface area contributed by atoms with Gasteiger partial charge in [-0.3, -0.25) is 0 Å². The van der Waals surface area contributed by atoms with Gasteiger partial charge in [-0.1, -0.05) is 34.1 Å². The van der Waals surface area contributed by atoms with Crippen molar-refractivity contribution in [3.63, 3.8) is 0 Å². The average molecular weight is 174 g/mol. The maximum atomic E-state index is 14.1. The van der Waals surface area contributed by atoms with E-state index in [9.17, 15) is 4.39 Å². The van der Waals surface area contributed by atoms with Crippen LogP contribution in [0.2, 0.25) is 0 Å². The van der Waals surface area contributed by atoms with Gasteiger partial charge in [-0.2, -0.15) is 0 Å². The Kier molecular flexibility index (Phi) is 4.22. The zero-order valence-corrected chi connectivity index (χ0v) is 9.21. The predicted octanol–water partition coefficient (Wildman–Crippen LogP) is 4.34. The molecule has 0 spiro atoms. The van der Waals surface area contributed by atoms with Crippen molar-refractivity contribution >= 4 is 0 Å². The third-order valence-electron chi connectivity index (χ3n) is 3.54. The summed E-state index contributed by atoms with van der Waals surface area (Å²) < 4.78 is 14.1. The molecule has 0 aliphatic carbocycles. The van der Waals surface area contributed by atoms with Crippen molar-refractivity contribution in [2.75, 3.05) is 0 Å². The Labute approximate surface area is 76.6 Å². The zero-order chi connectivity index (χ0) is 9.83. The quantitative estimate of drug-likeness (QED) is 0.581. The third kappa shape index (κ3) is 2.21. The van der Waals surface area contributed by atoms with Crippen molar-refractivity contribution in [1.29, 1.82) is 0 Å². The molecule has 0 aromatic carbocycles. The molecule has 0 amide bonds. The molecular formula is C11H23F. The fourth-order valence-corrected chi connectivity index (χ4v) is 1.76. The highest BCUT2D eigenvalue weighted by Crippen LogP contribution is 2.43. The summed E-state index contributed by atoms with van der Waals surface area (Å²) in [5.41, 5.74) is -1.13. The molecule has 1 heteroatoms. The topological polar surface area (TPSA) is 0 Å². The van der Waals surface area contributed by atoms with Crippen LogP contribution < -0.4 is 0 Å². The molecule has 0 saturated carbocycles. The SMILES string of the molecule is CCCC(C)(F)C(C)(CC)CC. The minimum absolute atomic E-state index is 0.136. The molecule has 0 aliphatic rings. The highest BCUT2D eigenvalue weighted by Gasteiger charge is 2.41. The summed E-state index contributed by atoms with van der Waals surface area (Å²) in [5.74, 6) is 0. The highest BCUT2D eigenvalue weighted by molar-refractivity contribution is 4.91. The Morgan fingerprint density at radius 2 is 1.42 bits per heavy atom. The minimum atomic E-state index is -0.995. The van der Waals surface area contributed by atoms with Crippen molar-refractivity contribution in [1.82, 2.24) is 0 Å². The Morgan fingerprint density at radius 3 is 1.67 bits per heavy atom. The summed E-state index contributed by atoms with van der Waals surface area (Å²) in [5, 5.41) is 0. The Morgan fingerprint density at radius 1 is 1.00 bits per heavy atom. The van der Waals surface area contributed by atoms with E-state index in [1.165, 1.54) is 0 Å². The van der Waals surface area contributed by atoms with Crippen LogP contribution in [0.1, 0.15) is 60.3 Å². The fourth-order valence-electron chi connectivity index (χ4n) is 1.76. The largest absolute Gasteiger partial charge is 0.244 e. The first-order valence-electron chi connectivity index (χ1n) is 5.12. The van der Waals surface area contributed by atoms with Gasteiger partial charge in [0.15, 0.2) is 0 Å². The molecule has 0 nitrogen and oxygen atoms in total. The minimum Gasteiger partial charge on any atom is -0.244 e. The number of halogens is 1. The molecule has 0 heterocycles. The Hall–Kier alpha value is -0.0700. The molecule has 0 bridgehead atoms. The molecule has 1 atom stereocenters. The second kappa shape index (κ2) is 4.25. The number of hydrogen-bond donors (Lipinski definition) is 0. The lowest BCUT2D eigenvalue weighted by Gasteiger charge is -2.39. The maximum Gasteiger partial charge on any atom is 0.113 e. The fraction of sp³-hybridized carbons (Fsp3) is 1.00. The van der Waals surface area contributed by atoms with E-state index in [4.69, 9.17) is 0 Å². The Balaban J connectivity index is 4.46. The van der Waals surface area contributed by atoms with Crippen LogP contribution >= 0.6 is 0 Å². The molecule has 12 heavy (non-hydrogen) atoms. The van der Waals surface area contributed by atoms with Gasteiger partial charge in [0.05, 0.1) is 0 Å². The maximum absolute atomic E-state index is 14.1. The van der Waals surface area contributed by atoms with Crippen LogP contribution in [0.3, 0.4) is 0 Å². The van der Waals surface area contributed by atoms with Crippen LogP contribution in [-0.4, -0.2) is 5.67 Å². The van der Waals surface area contributed by atoms with Crippen LogP contribution in [0.4, 0.5) is 4.39 Å². The molecule has 0 aliphatic heterocycles. The number of hydrogen-bond acceptors (Lipinski definition) is 0. The summed E-state index contributed by atoms with van der Waals surface area (Å²) in [6.07, 6.45) is 3.47. The molecule has 0 aromatic rings. The van der Waals surface area contributed by atoms with Gasteiger partial charge in [-0.05, 0) is 26.2 Å². The van der Waals surface area contributed by atoms with Crippen molar-refractivity contribution in [3.05, 3.63) is 0 Å². The van der Waals surface area contributed by atoms with Crippen molar-refractivity contribution < 1.29 is 4.39 Å². The summed E-state index contributed by atoms with van der Waals surface area (Å²) >= 11 is 0. The number of alkyl halides is 1. The van der Waals surface area contributed by atoms with E-state index in [0.717, 1.165) is 19.3 Å². The molecule has 0 fully saturated rings. The van der Waals surface area contributed by atoms with Crippen LogP contribution in [0.25, 0.3) is 0 Å². The van der Waals surface area contributed by atoms with Gasteiger partial charge < -0.3 is 0 Å². The van der Waals surface area contributed by atoms with Gasteiger partial charge in [0.25, 0.3) is 0 Å². The van der Waals surface area contributed by atoms with E-state index < -0.39 is 5.67 Å². The van der Waals surface area contributed by atoms with Crippen molar-refractivity contribution in [2.45, 2.75) is 66.0 Å². The van der Waals surface area contributed by atoms with Crippen LogP contribution in [-0.2, 0) is 0 Å². The molecule has 0 radical (unpaired) electrons. The van der Waals surface area contributed by atoms with Crippen LogP contribution in [0.5, 0.6) is 0 Å². The van der Waals surface area contributed by atoms with Crippen molar-refractivity contribution in [3.8, 4) is 0 Å². The molecule has 0 N–H and O–H groups in total. The normalized spacial score (nSPS) is 17.5. The smallest absolute Gasteiger partial charge is 0.113 e. The lowest BCUT2D eigenvalue weighted by atomic mass is 9.70. The van der Waals surface area contributed by atoms with Crippen LogP contribution in [0, 0.1) is 5.41 Å².